The highest BCUT2D eigenvalue weighted by Crippen LogP contribution is 2.19. The van der Waals surface area contributed by atoms with Crippen molar-refractivity contribution in [3.63, 3.8) is 0 Å². The van der Waals surface area contributed by atoms with Gasteiger partial charge in [-0.1, -0.05) is 36.8 Å². The number of nitrogens with one attached hydrogen (secondary N) is 1. The van der Waals surface area contributed by atoms with Gasteiger partial charge in [-0.15, -0.1) is 0 Å². The quantitative estimate of drug-likeness (QED) is 0.904. The molecule has 104 valence electrons. The Morgan fingerprint density at radius 3 is 2.89 bits per heavy atom. The van der Waals surface area contributed by atoms with Crippen LogP contribution in [0.15, 0.2) is 24.3 Å². The molecule has 1 aliphatic rings. The highest BCUT2D eigenvalue weighted by Gasteiger charge is 2.25. The molecular formula is C16H24N2O. The van der Waals surface area contributed by atoms with Gasteiger partial charge in [0.05, 0.1) is 0 Å². The minimum Gasteiger partial charge on any atom is -0.352 e. The van der Waals surface area contributed by atoms with Crippen molar-refractivity contribution in [2.45, 2.75) is 39.8 Å². The molecular weight excluding hydrogens is 236 g/mol. The molecule has 1 aliphatic heterocycles. The maximum atomic E-state index is 11.2. The third-order valence-corrected chi connectivity index (χ3v) is 3.63. The fourth-order valence-corrected chi connectivity index (χ4v) is 3.05. The fourth-order valence-electron chi connectivity index (χ4n) is 3.05. The first kappa shape index (κ1) is 14.1. The van der Waals surface area contributed by atoms with Crippen molar-refractivity contribution in [1.82, 2.24) is 10.2 Å². The van der Waals surface area contributed by atoms with Gasteiger partial charge in [0.25, 0.3) is 0 Å². The zero-order valence-corrected chi connectivity index (χ0v) is 12.1. The van der Waals surface area contributed by atoms with Crippen molar-refractivity contribution >= 4 is 5.91 Å². The number of hydrogen-bond acceptors (Lipinski definition) is 2. The van der Waals surface area contributed by atoms with E-state index in [0.29, 0.717) is 12.0 Å². The van der Waals surface area contributed by atoms with Crippen LogP contribution in [0, 0.1) is 12.8 Å². The van der Waals surface area contributed by atoms with Crippen molar-refractivity contribution in [2.24, 2.45) is 5.92 Å². The fraction of sp³-hybridized carbons (Fsp3) is 0.562. The van der Waals surface area contributed by atoms with E-state index in [1.54, 1.807) is 6.92 Å². The smallest absolute Gasteiger partial charge is 0.217 e. The number of benzene rings is 1. The molecule has 0 aliphatic carbocycles. The lowest BCUT2D eigenvalue weighted by Crippen LogP contribution is -2.49. The summed E-state index contributed by atoms with van der Waals surface area (Å²) in [6.45, 7) is 9.04. The average Bonchev–Trinajstić information content (AvgIpc) is 2.26. The van der Waals surface area contributed by atoms with E-state index in [4.69, 9.17) is 0 Å². The van der Waals surface area contributed by atoms with E-state index in [0.717, 1.165) is 26.1 Å². The van der Waals surface area contributed by atoms with Crippen LogP contribution in [0.1, 0.15) is 31.4 Å². The Hall–Kier alpha value is -1.35. The molecule has 3 heteroatoms. The average molecular weight is 260 g/mol. The van der Waals surface area contributed by atoms with Gasteiger partial charge in [0, 0.05) is 32.6 Å². The number of amides is 1. The Balaban J connectivity index is 1.97. The minimum atomic E-state index is 0.0783. The van der Waals surface area contributed by atoms with Gasteiger partial charge < -0.3 is 5.32 Å². The van der Waals surface area contributed by atoms with Crippen molar-refractivity contribution in [2.75, 3.05) is 13.1 Å². The SMILES string of the molecule is CC(=O)NC1CC(C)CN(Cc2cccc(C)c2)C1. The molecule has 1 N–H and O–H groups in total. The van der Waals surface area contributed by atoms with Crippen LogP contribution >= 0.6 is 0 Å². The Bertz CT molecular complexity index is 444. The van der Waals surface area contributed by atoms with E-state index in [9.17, 15) is 4.79 Å². The van der Waals surface area contributed by atoms with Crippen molar-refractivity contribution in [3.05, 3.63) is 35.4 Å². The van der Waals surface area contributed by atoms with E-state index >= 15 is 0 Å². The molecule has 0 aromatic heterocycles. The minimum absolute atomic E-state index is 0.0783. The Morgan fingerprint density at radius 2 is 2.21 bits per heavy atom. The maximum Gasteiger partial charge on any atom is 0.217 e. The summed E-state index contributed by atoms with van der Waals surface area (Å²) in [5.41, 5.74) is 2.66. The van der Waals surface area contributed by atoms with E-state index in [1.165, 1.54) is 11.1 Å². The summed E-state index contributed by atoms with van der Waals surface area (Å²) in [4.78, 5) is 13.6. The van der Waals surface area contributed by atoms with Gasteiger partial charge in [0.15, 0.2) is 0 Å². The molecule has 0 bridgehead atoms. The molecule has 1 aromatic carbocycles. The van der Waals surface area contributed by atoms with Gasteiger partial charge in [-0.2, -0.15) is 0 Å². The highest BCUT2D eigenvalue weighted by molar-refractivity contribution is 5.73. The molecule has 1 aromatic rings. The number of nitrogens with zero attached hydrogens (tertiary/aromatic N) is 1. The number of aryl methyl sites for hydroxylation is 1. The van der Waals surface area contributed by atoms with E-state index in [1.807, 2.05) is 0 Å². The lowest BCUT2D eigenvalue weighted by molar-refractivity contribution is -0.120. The number of hydrogen-bond donors (Lipinski definition) is 1. The lowest BCUT2D eigenvalue weighted by atomic mass is 9.95. The topological polar surface area (TPSA) is 32.3 Å². The van der Waals surface area contributed by atoms with Crippen LogP contribution < -0.4 is 5.32 Å². The predicted molar refractivity (Wildman–Crippen MR) is 77.8 cm³/mol. The third kappa shape index (κ3) is 4.35. The predicted octanol–water partition coefficient (Wildman–Crippen LogP) is 2.34. The molecule has 2 rings (SSSR count). The summed E-state index contributed by atoms with van der Waals surface area (Å²) in [5.74, 6) is 0.713. The second kappa shape index (κ2) is 6.20. The van der Waals surface area contributed by atoms with Crippen LogP contribution in [0.2, 0.25) is 0 Å². The molecule has 1 amide bonds. The molecule has 19 heavy (non-hydrogen) atoms. The summed E-state index contributed by atoms with van der Waals surface area (Å²) in [7, 11) is 0. The van der Waals surface area contributed by atoms with Gasteiger partial charge in [0.2, 0.25) is 5.91 Å². The first-order valence-electron chi connectivity index (χ1n) is 7.08. The Kier molecular flexibility index (Phi) is 4.59. The molecule has 0 saturated carbocycles. The Morgan fingerprint density at radius 1 is 1.42 bits per heavy atom. The third-order valence-electron chi connectivity index (χ3n) is 3.63. The maximum absolute atomic E-state index is 11.2. The Labute approximate surface area is 116 Å². The van der Waals surface area contributed by atoms with Gasteiger partial charge in [-0.05, 0) is 24.8 Å². The molecule has 0 radical (unpaired) electrons. The zero-order chi connectivity index (χ0) is 13.8. The number of piperidine rings is 1. The van der Waals surface area contributed by atoms with Crippen LogP contribution in [0.3, 0.4) is 0 Å². The zero-order valence-electron chi connectivity index (χ0n) is 12.1. The monoisotopic (exact) mass is 260 g/mol. The van der Waals surface area contributed by atoms with Gasteiger partial charge in [-0.3, -0.25) is 9.69 Å². The molecule has 3 nitrogen and oxygen atoms in total. The first-order valence-corrected chi connectivity index (χ1v) is 7.08. The largest absolute Gasteiger partial charge is 0.352 e. The van der Waals surface area contributed by atoms with Crippen LogP contribution in [-0.2, 0) is 11.3 Å². The van der Waals surface area contributed by atoms with Crippen molar-refractivity contribution < 1.29 is 4.79 Å². The lowest BCUT2D eigenvalue weighted by Gasteiger charge is -2.36. The van der Waals surface area contributed by atoms with Gasteiger partial charge >= 0.3 is 0 Å². The molecule has 1 fully saturated rings. The van der Waals surface area contributed by atoms with Crippen molar-refractivity contribution in [3.8, 4) is 0 Å². The molecule has 1 heterocycles. The van der Waals surface area contributed by atoms with Crippen LogP contribution in [0.4, 0.5) is 0 Å². The number of likely N-dealkylation sites (tertiary alicyclic amines) is 1. The van der Waals surface area contributed by atoms with E-state index in [2.05, 4.69) is 48.3 Å². The second-order valence-corrected chi connectivity index (χ2v) is 5.92. The summed E-state index contributed by atoms with van der Waals surface area (Å²) in [5, 5.41) is 3.06. The molecule has 1 saturated heterocycles. The van der Waals surface area contributed by atoms with Gasteiger partial charge in [-0.25, -0.2) is 0 Å². The second-order valence-electron chi connectivity index (χ2n) is 5.92. The number of carbonyl (C=O) groups is 1. The molecule has 2 atom stereocenters. The van der Waals surface area contributed by atoms with Crippen LogP contribution in [-0.4, -0.2) is 29.9 Å². The summed E-state index contributed by atoms with van der Waals surface area (Å²) >= 11 is 0. The standard InChI is InChI=1S/C16H24N2O/c1-12-5-4-6-15(7-12)10-18-9-13(2)8-16(11-18)17-14(3)19/h4-7,13,16H,8-11H2,1-3H3,(H,17,19). The van der Waals surface area contributed by atoms with Gasteiger partial charge in [0.1, 0.15) is 0 Å². The summed E-state index contributed by atoms with van der Waals surface area (Å²) < 4.78 is 0. The number of rotatable bonds is 3. The number of carbonyl (C=O) groups excluding carboxylic acids is 1. The first-order chi connectivity index (χ1) is 9.02. The normalized spacial score (nSPS) is 24.2. The van der Waals surface area contributed by atoms with Crippen molar-refractivity contribution in [1.29, 1.82) is 0 Å². The molecule has 2 unspecified atom stereocenters. The summed E-state index contributed by atoms with van der Waals surface area (Å²) in [6, 6.07) is 8.96. The van der Waals surface area contributed by atoms with E-state index < -0.39 is 0 Å². The summed E-state index contributed by atoms with van der Waals surface area (Å²) in [6.07, 6.45) is 1.09. The van der Waals surface area contributed by atoms with E-state index in [-0.39, 0.29) is 5.91 Å². The van der Waals surface area contributed by atoms with Crippen LogP contribution in [0.25, 0.3) is 0 Å². The van der Waals surface area contributed by atoms with Crippen LogP contribution in [0.5, 0.6) is 0 Å². The highest BCUT2D eigenvalue weighted by atomic mass is 16.1. The molecule has 0 spiro atoms.